The Morgan fingerprint density at radius 3 is 2.27 bits per heavy atom. The minimum absolute atomic E-state index is 0.134. The smallest absolute Gasteiger partial charge is 0.200 e. The lowest BCUT2D eigenvalue weighted by Gasteiger charge is -2.24. The van der Waals surface area contributed by atoms with E-state index in [4.69, 9.17) is 14.9 Å². The number of nitrogens with two attached hydrogens (primary N) is 1. The van der Waals surface area contributed by atoms with Gasteiger partial charge in [0.05, 0.1) is 29.5 Å². The Kier molecular flexibility index (Phi) is 6.37. The van der Waals surface area contributed by atoms with Gasteiger partial charge in [0, 0.05) is 19.8 Å². The van der Waals surface area contributed by atoms with E-state index >= 15 is 0 Å². The third-order valence-electron chi connectivity index (χ3n) is 5.84. The van der Waals surface area contributed by atoms with Gasteiger partial charge in [0.1, 0.15) is 22.7 Å². The summed E-state index contributed by atoms with van der Waals surface area (Å²) in [5.41, 5.74) is 7.71. The molecule has 0 fully saturated rings. The van der Waals surface area contributed by atoms with Gasteiger partial charge in [-0.1, -0.05) is 6.07 Å². The van der Waals surface area contributed by atoms with Crippen LogP contribution in [0.5, 0.6) is 11.5 Å². The minimum atomic E-state index is -1.04. The van der Waals surface area contributed by atoms with Crippen LogP contribution in [0, 0.1) is 0 Å². The summed E-state index contributed by atoms with van der Waals surface area (Å²) in [6, 6.07) is 18.3. The Morgan fingerprint density at radius 2 is 1.61 bits per heavy atom. The number of benzene rings is 3. The topological polar surface area (TPSA) is 109 Å². The molecule has 0 spiro atoms. The third-order valence-corrected chi connectivity index (χ3v) is 5.84. The number of ether oxygens (including phenoxy) is 1. The molecule has 0 aliphatic carbocycles. The van der Waals surface area contributed by atoms with Crippen LogP contribution in [0.15, 0.2) is 69.9 Å². The van der Waals surface area contributed by atoms with Gasteiger partial charge < -0.3 is 30.0 Å². The Balaban J connectivity index is 1.62. The summed E-state index contributed by atoms with van der Waals surface area (Å²) in [6.45, 7) is -0.609. The molecule has 0 radical (unpaired) electrons. The first-order valence-corrected chi connectivity index (χ1v) is 10.8. The molecule has 0 bridgehead atoms. The number of nitrogens with zero attached hydrogens (tertiary/aromatic N) is 1. The molecule has 0 aliphatic heterocycles. The van der Waals surface area contributed by atoms with Crippen LogP contribution in [0.2, 0.25) is 0 Å². The number of hydrogen-bond acceptors (Lipinski definition) is 7. The first kappa shape index (κ1) is 22.8. The van der Waals surface area contributed by atoms with Gasteiger partial charge in [-0.3, -0.25) is 4.79 Å². The first-order chi connectivity index (χ1) is 15.8. The fraction of sp³-hybridized carbons (Fsp3) is 0.269. The van der Waals surface area contributed by atoms with E-state index in [2.05, 4.69) is 0 Å². The van der Waals surface area contributed by atoms with E-state index in [9.17, 15) is 15.0 Å². The largest absolute Gasteiger partial charge is 0.457 e. The normalized spacial score (nSPS) is 11.8. The highest BCUT2D eigenvalue weighted by atomic mass is 16.5. The number of aryl methyl sites for hydroxylation is 1. The van der Waals surface area contributed by atoms with Crippen LogP contribution in [0.1, 0.15) is 12.0 Å². The lowest BCUT2D eigenvalue weighted by Crippen LogP contribution is -2.47. The van der Waals surface area contributed by atoms with Gasteiger partial charge in [0.2, 0.25) is 5.43 Å². The highest BCUT2D eigenvalue weighted by Gasteiger charge is 2.22. The van der Waals surface area contributed by atoms with Crippen LogP contribution in [0.4, 0.5) is 5.69 Å². The Hall–Kier alpha value is -3.39. The summed E-state index contributed by atoms with van der Waals surface area (Å²) in [7, 11) is 3.95. The van der Waals surface area contributed by atoms with Crippen molar-refractivity contribution < 1.29 is 19.4 Å². The monoisotopic (exact) mass is 448 g/mol. The van der Waals surface area contributed by atoms with Gasteiger partial charge in [-0.2, -0.15) is 0 Å². The Labute approximate surface area is 191 Å². The summed E-state index contributed by atoms with van der Waals surface area (Å²) in [5, 5.41) is 19.7. The van der Waals surface area contributed by atoms with Crippen molar-refractivity contribution in [1.29, 1.82) is 0 Å². The zero-order valence-corrected chi connectivity index (χ0v) is 18.7. The van der Waals surface area contributed by atoms with E-state index in [1.165, 1.54) is 0 Å². The van der Waals surface area contributed by atoms with Crippen molar-refractivity contribution in [1.82, 2.24) is 0 Å². The van der Waals surface area contributed by atoms with E-state index in [0.29, 0.717) is 46.3 Å². The maximum Gasteiger partial charge on any atom is 0.200 e. The van der Waals surface area contributed by atoms with E-state index in [0.717, 1.165) is 11.3 Å². The van der Waals surface area contributed by atoms with Gasteiger partial charge in [-0.05, 0) is 73.0 Å². The number of aliphatic hydroxyl groups is 2. The van der Waals surface area contributed by atoms with Crippen molar-refractivity contribution in [3.63, 3.8) is 0 Å². The maximum atomic E-state index is 13.1. The van der Waals surface area contributed by atoms with Crippen molar-refractivity contribution in [2.45, 2.75) is 18.4 Å². The van der Waals surface area contributed by atoms with Crippen LogP contribution in [-0.4, -0.2) is 43.1 Å². The molecule has 7 heteroatoms. The summed E-state index contributed by atoms with van der Waals surface area (Å²) in [6.07, 6.45) is 0.939. The average Bonchev–Trinajstić information content (AvgIpc) is 2.83. The van der Waals surface area contributed by atoms with Crippen molar-refractivity contribution in [2.75, 3.05) is 32.2 Å². The number of rotatable bonds is 8. The average molecular weight is 449 g/mol. The molecule has 0 amide bonds. The minimum Gasteiger partial charge on any atom is -0.457 e. The highest BCUT2D eigenvalue weighted by Crippen LogP contribution is 2.28. The van der Waals surface area contributed by atoms with Crippen LogP contribution in [-0.2, 0) is 6.42 Å². The predicted molar refractivity (Wildman–Crippen MR) is 130 cm³/mol. The number of anilines is 1. The number of aliphatic hydroxyl groups excluding tert-OH is 2. The van der Waals surface area contributed by atoms with E-state index in [1.54, 1.807) is 24.3 Å². The van der Waals surface area contributed by atoms with Gasteiger partial charge in [0.15, 0.2) is 0 Å². The van der Waals surface area contributed by atoms with Crippen molar-refractivity contribution in [3.8, 4) is 11.5 Å². The third kappa shape index (κ3) is 4.85. The molecule has 0 saturated carbocycles. The predicted octanol–water partition coefficient (Wildman–Crippen LogP) is 3.42. The first-order valence-electron chi connectivity index (χ1n) is 10.8. The standard InChI is InChI=1S/C26H28N2O5/c1-28(2)18-4-6-19(7-5-18)32-20-8-10-23-22(14-20)25(31)21-9-3-17(13-24(21)33-23)11-12-26(27,15-29)16-30/h3-10,13-14,29-30H,11-12,15-16,27H2,1-2H3. The van der Waals surface area contributed by atoms with Crippen LogP contribution in [0.25, 0.3) is 21.9 Å². The van der Waals surface area contributed by atoms with E-state index in [-0.39, 0.29) is 18.6 Å². The SMILES string of the molecule is CN(C)c1ccc(Oc2ccc3oc4cc(CCC(N)(CO)CO)ccc4c(=O)c3c2)cc1. The molecule has 4 N–H and O–H groups in total. The second-order valence-electron chi connectivity index (χ2n) is 8.59. The van der Waals surface area contributed by atoms with E-state index in [1.807, 2.05) is 55.4 Å². The molecule has 172 valence electrons. The Morgan fingerprint density at radius 1 is 0.909 bits per heavy atom. The zero-order valence-electron chi connectivity index (χ0n) is 18.7. The molecule has 4 aromatic rings. The number of fused-ring (bicyclic) bond motifs is 2. The molecule has 0 atom stereocenters. The van der Waals surface area contributed by atoms with Gasteiger partial charge in [-0.25, -0.2) is 0 Å². The van der Waals surface area contributed by atoms with Crippen molar-refractivity contribution in [2.24, 2.45) is 5.73 Å². The molecule has 0 aliphatic rings. The second kappa shape index (κ2) is 9.23. The molecule has 1 heterocycles. The molecular weight excluding hydrogens is 420 g/mol. The molecule has 1 aromatic heterocycles. The lowest BCUT2D eigenvalue weighted by atomic mass is 9.93. The fourth-order valence-corrected chi connectivity index (χ4v) is 3.65. The summed E-state index contributed by atoms with van der Waals surface area (Å²) in [4.78, 5) is 15.1. The molecule has 33 heavy (non-hydrogen) atoms. The lowest BCUT2D eigenvalue weighted by molar-refractivity contribution is 0.115. The molecule has 4 rings (SSSR count). The van der Waals surface area contributed by atoms with Crippen molar-refractivity contribution >= 4 is 27.6 Å². The molecular formula is C26H28N2O5. The molecule has 3 aromatic carbocycles. The number of hydrogen-bond donors (Lipinski definition) is 3. The summed E-state index contributed by atoms with van der Waals surface area (Å²) in [5.74, 6) is 1.23. The van der Waals surface area contributed by atoms with Gasteiger partial charge in [0.25, 0.3) is 0 Å². The summed E-state index contributed by atoms with van der Waals surface area (Å²) >= 11 is 0. The highest BCUT2D eigenvalue weighted by molar-refractivity contribution is 5.90. The fourth-order valence-electron chi connectivity index (χ4n) is 3.65. The van der Waals surface area contributed by atoms with Gasteiger partial charge >= 0.3 is 0 Å². The second-order valence-corrected chi connectivity index (χ2v) is 8.59. The van der Waals surface area contributed by atoms with Crippen LogP contribution in [0.3, 0.4) is 0 Å². The van der Waals surface area contributed by atoms with Gasteiger partial charge in [-0.15, -0.1) is 0 Å². The maximum absolute atomic E-state index is 13.1. The van der Waals surface area contributed by atoms with Crippen molar-refractivity contribution in [3.05, 3.63) is 76.5 Å². The quantitative estimate of drug-likeness (QED) is 0.354. The zero-order chi connectivity index (χ0) is 23.6. The van der Waals surface area contributed by atoms with Crippen LogP contribution >= 0.6 is 0 Å². The summed E-state index contributed by atoms with van der Waals surface area (Å²) < 4.78 is 11.9. The Bertz CT molecular complexity index is 1320. The molecule has 7 nitrogen and oxygen atoms in total. The molecule has 0 unspecified atom stereocenters. The molecule has 0 saturated heterocycles. The van der Waals surface area contributed by atoms with E-state index < -0.39 is 5.54 Å². The van der Waals surface area contributed by atoms with Crippen LogP contribution < -0.4 is 20.8 Å².